The third-order valence-corrected chi connectivity index (χ3v) is 3.32. The van der Waals surface area contributed by atoms with Gasteiger partial charge in [0.15, 0.2) is 0 Å². The lowest BCUT2D eigenvalue weighted by Crippen LogP contribution is -2.43. The summed E-state index contributed by atoms with van der Waals surface area (Å²) in [5.74, 6) is 2.72. The summed E-state index contributed by atoms with van der Waals surface area (Å²) in [4.78, 5) is 14.1. The van der Waals surface area contributed by atoms with Gasteiger partial charge in [-0.1, -0.05) is 13.3 Å². The van der Waals surface area contributed by atoms with Crippen LogP contribution in [-0.2, 0) is 4.79 Å². The highest BCUT2D eigenvalue weighted by atomic mass is 16.2. The Morgan fingerprint density at radius 1 is 1.44 bits per heavy atom. The van der Waals surface area contributed by atoms with Gasteiger partial charge in [-0.2, -0.15) is 0 Å². The molecule has 0 aliphatic carbocycles. The van der Waals surface area contributed by atoms with E-state index >= 15 is 0 Å². The van der Waals surface area contributed by atoms with E-state index in [1.807, 2.05) is 0 Å². The van der Waals surface area contributed by atoms with Crippen LogP contribution in [0, 0.1) is 18.3 Å². The number of terminal acetylenes is 1. The number of amides is 1. The average Bonchev–Trinajstić information content (AvgIpc) is 2.37. The summed E-state index contributed by atoms with van der Waals surface area (Å²) in [6.07, 6.45) is 9.37. The van der Waals surface area contributed by atoms with E-state index in [-0.39, 0.29) is 5.91 Å². The Kier molecular flexibility index (Phi) is 6.77. The van der Waals surface area contributed by atoms with E-state index in [4.69, 9.17) is 12.2 Å². The van der Waals surface area contributed by atoms with Gasteiger partial charge in [-0.3, -0.25) is 4.79 Å². The van der Waals surface area contributed by atoms with Crippen LogP contribution in [0.3, 0.4) is 0 Å². The molecule has 2 atom stereocenters. The molecule has 0 aromatic heterocycles. The molecule has 18 heavy (non-hydrogen) atoms. The zero-order chi connectivity index (χ0) is 13.4. The highest BCUT2D eigenvalue weighted by molar-refractivity contribution is 5.81. The number of likely N-dealkylation sites (tertiary alicyclic amines) is 1. The van der Waals surface area contributed by atoms with Crippen LogP contribution < -0.4 is 11.1 Å². The summed E-state index contributed by atoms with van der Waals surface area (Å²) in [7, 11) is 0. The molecule has 4 heteroatoms. The van der Waals surface area contributed by atoms with Crippen LogP contribution >= 0.6 is 0 Å². The monoisotopic (exact) mass is 251 g/mol. The predicted molar refractivity (Wildman–Crippen MR) is 73.9 cm³/mol. The maximum Gasteiger partial charge on any atom is 0.237 e. The number of nitrogens with zero attached hydrogens (tertiary/aromatic N) is 1. The van der Waals surface area contributed by atoms with E-state index in [1.54, 1.807) is 0 Å². The number of carbonyl (C=O) groups is 1. The molecule has 102 valence electrons. The van der Waals surface area contributed by atoms with Crippen molar-refractivity contribution in [1.29, 1.82) is 0 Å². The molecule has 0 spiro atoms. The van der Waals surface area contributed by atoms with Crippen molar-refractivity contribution in [2.24, 2.45) is 11.7 Å². The molecule has 1 rings (SSSR count). The molecule has 1 aliphatic rings. The van der Waals surface area contributed by atoms with Gasteiger partial charge in [-0.05, 0) is 31.8 Å². The fourth-order valence-electron chi connectivity index (χ4n) is 2.27. The van der Waals surface area contributed by atoms with Gasteiger partial charge in [0.05, 0.1) is 6.04 Å². The number of nitrogens with two attached hydrogens (primary N) is 1. The van der Waals surface area contributed by atoms with E-state index in [9.17, 15) is 4.79 Å². The molecule has 4 nitrogen and oxygen atoms in total. The van der Waals surface area contributed by atoms with Gasteiger partial charge in [0, 0.05) is 19.5 Å². The molecule has 1 saturated heterocycles. The van der Waals surface area contributed by atoms with Crippen LogP contribution in [0.15, 0.2) is 0 Å². The van der Waals surface area contributed by atoms with Gasteiger partial charge >= 0.3 is 0 Å². The van der Waals surface area contributed by atoms with Gasteiger partial charge in [-0.15, -0.1) is 12.3 Å². The Hall–Kier alpha value is -1.05. The molecule has 1 heterocycles. The number of nitrogens with one attached hydrogen (secondary N) is 1. The minimum Gasteiger partial charge on any atom is -0.354 e. The van der Waals surface area contributed by atoms with E-state index in [0.29, 0.717) is 18.9 Å². The van der Waals surface area contributed by atoms with E-state index in [0.717, 1.165) is 6.54 Å². The van der Waals surface area contributed by atoms with Gasteiger partial charge in [-0.25, -0.2) is 0 Å². The van der Waals surface area contributed by atoms with Crippen molar-refractivity contribution in [1.82, 2.24) is 10.2 Å². The second-order valence-corrected chi connectivity index (χ2v) is 5.23. The minimum atomic E-state index is -0.572. The van der Waals surface area contributed by atoms with E-state index in [2.05, 4.69) is 23.1 Å². The maximum atomic E-state index is 11.6. The summed E-state index contributed by atoms with van der Waals surface area (Å²) >= 11 is 0. The molecule has 0 radical (unpaired) electrons. The standard InChI is InChI=1S/C14H25N3O/c1-3-7-13(15)14(18)16-10-12(2)11-17-8-5-4-6-9-17/h1,12-13H,4-11,15H2,2H3,(H,16,18). The quantitative estimate of drug-likeness (QED) is 0.679. The van der Waals surface area contributed by atoms with Crippen molar-refractivity contribution in [3.8, 4) is 12.3 Å². The summed E-state index contributed by atoms with van der Waals surface area (Å²) in [6.45, 7) is 6.25. The van der Waals surface area contributed by atoms with Crippen molar-refractivity contribution >= 4 is 5.91 Å². The Balaban J connectivity index is 2.17. The molecule has 0 aromatic rings. The first-order valence-electron chi connectivity index (χ1n) is 6.82. The molecule has 1 aliphatic heterocycles. The molecule has 2 unspecified atom stereocenters. The largest absolute Gasteiger partial charge is 0.354 e. The summed E-state index contributed by atoms with van der Waals surface area (Å²) in [6, 6.07) is -0.572. The topological polar surface area (TPSA) is 58.4 Å². The zero-order valence-electron chi connectivity index (χ0n) is 11.3. The van der Waals surface area contributed by atoms with Gasteiger partial charge in [0.1, 0.15) is 0 Å². The van der Waals surface area contributed by atoms with Crippen molar-refractivity contribution in [3.05, 3.63) is 0 Å². The van der Waals surface area contributed by atoms with E-state index in [1.165, 1.54) is 32.4 Å². The first-order valence-corrected chi connectivity index (χ1v) is 6.82. The lowest BCUT2D eigenvalue weighted by Gasteiger charge is -2.29. The highest BCUT2D eigenvalue weighted by Crippen LogP contribution is 2.10. The first-order chi connectivity index (χ1) is 8.63. The van der Waals surface area contributed by atoms with Crippen molar-refractivity contribution < 1.29 is 4.79 Å². The number of hydrogen-bond donors (Lipinski definition) is 2. The van der Waals surface area contributed by atoms with E-state index < -0.39 is 6.04 Å². The Morgan fingerprint density at radius 2 is 2.11 bits per heavy atom. The SMILES string of the molecule is C#CCC(N)C(=O)NCC(C)CN1CCCCC1. The van der Waals surface area contributed by atoms with Crippen molar-refractivity contribution in [3.63, 3.8) is 0 Å². The van der Waals surface area contributed by atoms with Crippen LogP contribution in [0.25, 0.3) is 0 Å². The van der Waals surface area contributed by atoms with Gasteiger partial charge < -0.3 is 16.0 Å². The number of hydrogen-bond acceptors (Lipinski definition) is 3. The van der Waals surface area contributed by atoms with Crippen LogP contribution in [-0.4, -0.2) is 43.0 Å². The second-order valence-electron chi connectivity index (χ2n) is 5.23. The van der Waals surface area contributed by atoms with Crippen molar-refractivity contribution in [2.75, 3.05) is 26.2 Å². The number of carbonyl (C=O) groups excluding carboxylic acids is 1. The number of piperidine rings is 1. The first kappa shape index (κ1) is 15.0. The molecule has 3 N–H and O–H groups in total. The van der Waals surface area contributed by atoms with Crippen LogP contribution in [0.4, 0.5) is 0 Å². The predicted octanol–water partition coefficient (Wildman–Crippen LogP) is 0.575. The molecule has 0 bridgehead atoms. The Labute approximate surface area is 110 Å². The average molecular weight is 251 g/mol. The Bertz CT molecular complexity index is 292. The summed E-state index contributed by atoms with van der Waals surface area (Å²) < 4.78 is 0. The summed E-state index contributed by atoms with van der Waals surface area (Å²) in [5, 5.41) is 2.87. The minimum absolute atomic E-state index is 0.140. The fraction of sp³-hybridized carbons (Fsp3) is 0.786. The van der Waals surface area contributed by atoms with Crippen molar-refractivity contribution in [2.45, 2.75) is 38.6 Å². The zero-order valence-corrected chi connectivity index (χ0v) is 11.3. The molecular formula is C14H25N3O. The lowest BCUT2D eigenvalue weighted by molar-refractivity contribution is -0.122. The third kappa shape index (κ3) is 5.52. The molecule has 0 saturated carbocycles. The normalized spacial score (nSPS) is 19.8. The fourth-order valence-corrected chi connectivity index (χ4v) is 2.27. The van der Waals surface area contributed by atoms with Gasteiger partial charge in [0.2, 0.25) is 5.91 Å². The molecule has 1 amide bonds. The van der Waals surface area contributed by atoms with Crippen LogP contribution in [0.5, 0.6) is 0 Å². The Morgan fingerprint density at radius 3 is 2.72 bits per heavy atom. The molecule has 0 aromatic carbocycles. The summed E-state index contributed by atoms with van der Waals surface area (Å²) in [5.41, 5.74) is 5.63. The molecular weight excluding hydrogens is 226 g/mol. The van der Waals surface area contributed by atoms with Gasteiger partial charge in [0.25, 0.3) is 0 Å². The smallest absolute Gasteiger partial charge is 0.237 e. The van der Waals surface area contributed by atoms with Crippen LogP contribution in [0.1, 0.15) is 32.6 Å². The lowest BCUT2D eigenvalue weighted by atomic mass is 10.1. The van der Waals surface area contributed by atoms with Crippen LogP contribution in [0.2, 0.25) is 0 Å². The second kappa shape index (κ2) is 8.12. The maximum absolute atomic E-state index is 11.6. The highest BCUT2D eigenvalue weighted by Gasteiger charge is 2.16. The molecule has 1 fully saturated rings. The third-order valence-electron chi connectivity index (χ3n) is 3.32. The number of rotatable bonds is 6.